The van der Waals surface area contributed by atoms with Crippen LogP contribution in [0.15, 0.2) is 77.8 Å². The summed E-state index contributed by atoms with van der Waals surface area (Å²) in [4.78, 5) is 30.3. The number of carbonyl (C=O) groups excluding carboxylic acids is 2. The molecule has 0 aliphatic carbocycles. The van der Waals surface area contributed by atoms with Crippen LogP contribution in [0.5, 0.6) is 0 Å². The molecule has 1 unspecified atom stereocenters. The second-order valence-electron chi connectivity index (χ2n) is 6.55. The first-order chi connectivity index (χ1) is 14.1. The number of aliphatic imine (C=N–C) groups is 1. The number of esters is 2. The van der Waals surface area contributed by atoms with Gasteiger partial charge in [0.05, 0.1) is 14.2 Å². The molecule has 3 aromatic carbocycles. The van der Waals surface area contributed by atoms with Crippen LogP contribution in [0.3, 0.4) is 0 Å². The summed E-state index contributed by atoms with van der Waals surface area (Å²) in [5, 5.41) is 1.92. The van der Waals surface area contributed by atoms with Gasteiger partial charge in [0, 0.05) is 5.56 Å². The lowest BCUT2D eigenvalue weighted by Crippen LogP contribution is -2.54. The standard InChI is InChI=1S/C23H19NO5/c1-27-21(25)23(22(26)28-2)19(16-10-4-3-5-11-16)24-20(29-23)18-14-8-12-15-9-6-7-13-17(15)18/h3-14,20H,1-2H3. The molecule has 3 aromatic rings. The van der Waals surface area contributed by atoms with E-state index >= 15 is 0 Å². The van der Waals surface area contributed by atoms with E-state index in [-0.39, 0.29) is 5.71 Å². The fourth-order valence-corrected chi connectivity index (χ4v) is 3.59. The fraction of sp³-hybridized carbons (Fsp3) is 0.174. The molecular weight excluding hydrogens is 370 g/mol. The van der Waals surface area contributed by atoms with Crippen molar-refractivity contribution in [3.8, 4) is 0 Å². The SMILES string of the molecule is COC(=O)C1(C(=O)OC)OC(c2cccc3ccccc23)N=C1c1ccccc1. The summed E-state index contributed by atoms with van der Waals surface area (Å²) in [6, 6.07) is 22.4. The monoisotopic (exact) mass is 389 g/mol. The number of hydrogen-bond donors (Lipinski definition) is 0. The highest BCUT2D eigenvalue weighted by molar-refractivity contribution is 6.31. The highest BCUT2D eigenvalue weighted by Crippen LogP contribution is 2.40. The Morgan fingerprint density at radius 1 is 0.862 bits per heavy atom. The van der Waals surface area contributed by atoms with Crippen LogP contribution in [0.4, 0.5) is 0 Å². The number of methoxy groups -OCH3 is 2. The second-order valence-corrected chi connectivity index (χ2v) is 6.55. The van der Waals surface area contributed by atoms with E-state index in [0.717, 1.165) is 16.3 Å². The Bertz CT molecular complexity index is 1090. The van der Waals surface area contributed by atoms with Crippen LogP contribution in [0, 0.1) is 0 Å². The molecule has 1 aliphatic rings. The normalized spacial score (nSPS) is 17.6. The summed E-state index contributed by atoms with van der Waals surface area (Å²) in [6.45, 7) is 0. The first-order valence-electron chi connectivity index (χ1n) is 9.08. The molecule has 0 spiro atoms. The van der Waals surface area contributed by atoms with E-state index in [0.29, 0.717) is 5.56 Å². The minimum absolute atomic E-state index is 0.162. The first kappa shape index (κ1) is 18.8. The Hall–Kier alpha value is -3.51. The quantitative estimate of drug-likeness (QED) is 0.505. The third-order valence-electron chi connectivity index (χ3n) is 4.95. The molecule has 0 bridgehead atoms. The molecule has 0 N–H and O–H groups in total. The zero-order valence-electron chi connectivity index (χ0n) is 16.0. The van der Waals surface area contributed by atoms with Gasteiger partial charge in [-0.3, -0.25) is 0 Å². The van der Waals surface area contributed by atoms with E-state index in [1.807, 2.05) is 48.5 Å². The molecule has 0 aromatic heterocycles. The molecule has 0 fully saturated rings. The second kappa shape index (κ2) is 7.48. The van der Waals surface area contributed by atoms with Crippen LogP contribution in [0.1, 0.15) is 17.4 Å². The lowest BCUT2D eigenvalue weighted by atomic mass is 9.92. The average Bonchev–Trinajstić information content (AvgIpc) is 3.19. The van der Waals surface area contributed by atoms with Crippen molar-refractivity contribution in [1.29, 1.82) is 0 Å². The van der Waals surface area contributed by atoms with Gasteiger partial charge in [-0.1, -0.05) is 72.8 Å². The molecule has 1 atom stereocenters. The van der Waals surface area contributed by atoms with Crippen molar-refractivity contribution in [1.82, 2.24) is 0 Å². The predicted molar refractivity (Wildman–Crippen MR) is 108 cm³/mol. The molecule has 6 nitrogen and oxygen atoms in total. The molecule has 29 heavy (non-hydrogen) atoms. The van der Waals surface area contributed by atoms with Crippen LogP contribution in [0.2, 0.25) is 0 Å². The van der Waals surface area contributed by atoms with Crippen LogP contribution < -0.4 is 0 Å². The van der Waals surface area contributed by atoms with E-state index in [4.69, 9.17) is 14.2 Å². The minimum atomic E-state index is -2.10. The molecule has 0 saturated carbocycles. The topological polar surface area (TPSA) is 74.2 Å². The van der Waals surface area contributed by atoms with Crippen molar-refractivity contribution in [2.45, 2.75) is 11.8 Å². The van der Waals surface area contributed by atoms with Gasteiger partial charge in [-0.2, -0.15) is 0 Å². The Balaban J connectivity index is 1.93. The highest BCUT2D eigenvalue weighted by Gasteiger charge is 2.60. The Labute approximate surface area is 167 Å². The first-order valence-corrected chi connectivity index (χ1v) is 9.08. The fourth-order valence-electron chi connectivity index (χ4n) is 3.59. The lowest BCUT2D eigenvalue weighted by Gasteiger charge is -2.25. The Morgan fingerprint density at radius 3 is 2.17 bits per heavy atom. The molecule has 0 amide bonds. The van der Waals surface area contributed by atoms with Gasteiger partial charge in [0.25, 0.3) is 0 Å². The van der Waals surface area contributed by atoms with Crippen LogP contribution in [-0.4, -0.2) is 37.5 Å². The molecule has 1 aliphatic heterocycles. The third-order valence-corrected chi connectivity index (χ3v) is 4.95. The molecule has 4 rings (SSSR count). The number of carbonyl (C=O) groups is 2. The van der Waals surface area contributed by atoms with Crippen molar-refractivity contribution in [2.24, 2.45) is 4.99 Å². The zero-order chi connectivity index (χ0) is 20.4. The lowest BCUT2D eigenvalue weighted by molar-refractivity contribution is -0.180. The van der Waals surface area contributed by atoms with Crippen LogP contribution in [-0.2, 0) is 23.8 Å². The van der Waals surface area contributed by atoms with Crippen molar-refractivity contribution in [2.75, 3.05) is 14.2 Å². The summed E-state index contributed by atoms with van der Waals surface area (Å²) in [5.41, 5.74) is -0.626. The van der Waals surface area contributed by atoms with Gasteiger partial charge in [0.15, 0.2) is 6.23 Å². The third kappa shape index (κ3) is 2.98. The largest absolute Gasteiger partial charge is 0.466 e. The van der Waals surface area contributed by atoms with E-state index in [2.05, 4.69) is 4.99 Å². The zero-order valence-corrected chi connectivity index (χ0v) is 16.0. The number of rotatable bonds is 4. The number of ether oxygens (including phenoxy) is 3. The number of benzene rings is 3. The van der Waals surface area contributed by atoms with Crippen molar-refractivity contribution in [3.63, 3.8) is 0 Å². The molecule has 0 radical (unpaired) electrons. The van der Waals surface area contributed by atoms with Gasteiger partial charge < -0.3 is 14.2 Å². The van der Waals surface area contributed by atoms with E-state index < -0.39 is 23.8 Å². The average molecular weight is 389 g/mol. The van der Waals surface area contributed by atoms with E-state index in [1.165, 1.54) is 14.2 Å². The van der Waals surface area contributed by atoms with Crippen molar-refractivity contribution < 1.29 is 23.8 Å². The van der Waals surface area contributed by atoms with Crippen molar-refractivity contribution >= 4 is 28.4 Å². The number of fused-ring (bicyclic) bond motifs is 1. The maximum absolute atomic E-state index is 12.8. The molecular formula is C23H19NO5. The minimum Gasteiger partial charge on any atom is -0.466 e. The maximum Gasteiger partial charge on any atom is 0.356 e. The summed E-state index contributed by atoms with van der Waals surface area (Å²) in [5.74, 6) is -1.76. The van der Waals surface area contributed by atoms with E-state index in [1.54, 1.807) is 24.3 Å². The predicted octanol–water partition coefficient (Wildman–Crippen LogP) is 3.44. The highest BCUT2D eigenvalue weighted by atomic mass is 16.6. The molecule has 0 saturated heterocycles. The summed E-state index contributed by atoms with van der Waals surface area (Å²) in [7, 11) is 2.40. The van der Waals surface area contributed by atoms with Gasteiger partial charge in [0.1, 0.15) is 5.71 Å². The van der Waals surface area contributed by atoms with Crippen LogP contribution >= 0.6 is 0 Å². The summed E-state index contributed by atoms with van der Waals surface area (Å²) >= 11 is 0. The Morgan fingerprint density at radius 2 is 1.48 bits per heavy atom. The number of nitrogens with zero attached hydrogens (tertiary/aromatic N) is 1. The van der Waals surface area contributed by atoms with Crippen molar-refractivity contribution in [3.05, 3.63) is 83.9 Å². The summed E-state index contributed by atoms with van der Waals surface area (Å²) in [6.07, 6.45) is -0.880. The molecule has 6 heteroatoms. The van der Waals surface area contributed by atoms with Gasteiger partial charge in [0.2, 0.25) is 0 Å². The Kier molecular flexibility index (Phi) is 4.86. The maximum atomic E-state index is 12.8. The van der Waals surface area contributed by atoms with Crippen LogP contribution in [0.25, 0.3) is 10.8 Å². The van der Waals surface area contributed by atoms with Gasteiger partial charge in [-0.05, 0) is 16.3 Å². The smallest absolute Gasteiger partial charge is 0.356 e. The number of hydrogen-bond acceptors (Lipinski definition) is 6. The summed E-state index contributed by atoms with van der Waals surface area (Å²) < 4.78 is 15.9. The van der Waals surface area contributed by atoms with Gasteiger partial charge >= 0.3 is 17.5 Å². The van der Waals surface area contributed by atoms with Gasteiger partial charge in [-0.25, -0.2) is 14.6 Å². The van der Waals surface area contributed by atoms with Gasteiger partial charge in [-0.15, -0.1) is 0 Å². The molecule has 1 heterocycles. The van der Waals surface area contributed by atoms with E-state index in [9.17, 15) is 9.59 Å². The molecule has 146 valence electrons.